The lowest BCUT2D eigenvalue weighted by molar-refractivity contribution is 0.0909. The molecule has 0 atom stereocenters. The molecule has 1 aromatic carbocycles. The molecule has 0 radical (unpaired) electrons. The van der Waals surface area contributed by atoms with E-state index >= 15 is 0 Å². The van der Waals surface area contributed by atoms with Crippen LogP contribution in [0.4, 0.5) is 5.82 Å². The van der Waals surface area contributed by atoms with E-state index in [0.29, 0.717) is 48.2 Å². The topological polar surface area (TPSA) is 95.1 Å². The van der Waals surface area contributed by atoms with Crippen LogP contribution < -0.4 is 11.1 Å². The van der Waals surface area contributed by atoms with E-state index in [2.05, 4.69) is 40.6 Å². The number of benzene rings is 1. The summed E-state index contributed by atoms with van der Waals surface area (Å²) in [6, 6.07) is 6.78. The van der Waals surface area contributed by atoms with Gasteiger partial charge in [0, 0.05) is 42.7 Å². The molecule has 180 valence electrons. The van der Waals surface area contributed by atoms with E-state index in [1.807, 2.05) is 0 Å². The number of halogens is 1. The minimum atomic E-state index is -0.152. The SMILES string of the molecule is CCCCC#Cc1cnc(N)c2nc(CCC)n(CCOCCNC(=O)c3ccc(Cl)cc3)c12. The van der Waals surface area contributed by atoms with Gasteiger partial charge in [-0.1, -0.05) is 43.7 Å². The zero-order valence-electron chi connectivity index (χ0n) is 19.9. The number of nitrogens with two attached hydrogens (primary N) is 1. The Kier molecular flexibility index (Phi) is 9.75. The van der Waals surface area contributed by atoms with Gasteiger partial charge in [0.25, 0.3) is 5.91 Å². The van der Waals surface area contributed by atoms with Gasteiger partial charge in [0.15, 0.2) is 5.82 Å². The number of hydrogen-bond donors (Lipinski definition) is 2. The normalized spacial score (nSPS) is 10.8. The average Bonchev–Trinajstić information content (AvgIpc) is 3.20. The zero-order valence-corrected chi connectivity index (χ0v) is 20.6. The maximum absolute atomic E-state index is 12.2. The van der Waals surface area contributed by atoms with Gasteiger partial charge >= 0.3 is 0 Å². The summed E-state index contributed by atoms with van der Waals surface area (Å²) in [5.74, 6) is 7.72. The van der Waals surface area contributed by atoms with E-state index in [1.165, 1.54) is 0 Å². The summed E-state index contributed by atoms with van der Waals surface area (Å²) < 4.78 is 7.96. The minimum absolute atomic E-state index is 0.152. The molecule has 2 aromatic heterocycles. The number of nitrogens with one attached hydrogen (secondary N) is 1. The first-order chi connectivity index (χ1) is 16.5. The molecule has 3 N–H and O–H groups in total. The average molecular weight is 482 g/mol. The molecule has 0 aliphatic carbocycles. The van der Waals surface area contributed by atoms with Gasteiger partial charge in [-0.25, -0.2) is 9.97 Å². The van der Waals surface area contributed by atoms with Crippen LogP contribution in [0.1, 0.15) is 61.3 Å². The quantitative estimate of drug-likeness (QED) is 0.308. The van der Waals surface area contributed by atoms with Crippen LogP contribution in [0.3, 0.4) is 0 Å². The van der Waals surface area contributed by atoms with Gasteiger partial charge < -0.3 is 20.4 Å². The fourth-order valence-electron chi connectivity index (χ4n) is 3.57. The highest BCUT2D eigenvalue weighted by atomic mass is 35.5. The molecule has 0 spiro atoms. The Balaban J connectivity index is 1.63. The molecule has 0 fully saturated rings. The first-order valence-electron chi connectivity index (χ1n) is 11.8. The number of unbranched alkanes of at least 4 members (excludes halogenated alkanes) is 2. The lowest BCUT2D eigenvalue weighted by Crippen LogP contribution is -2.27. The number of carbonyl (C=O) groups is 1. The van der Waals surface area contributed by atoms with Gasteiger partial charge in [0.05, 0.1) is 24.3 Å². The second-order valence-electron chi connectivity index (χ2n) is 7.96. The Bertz CT molecular complexity index is 1160. The molecule has 34 heavy (non-hydrogen) atoms. The van der Waals surface area contributed by atoms with Crippen LogP contribution in [-0.2, 0) is 17.7 Å². The van der Waals surface area contributed by atoms with Crippen molar-refractivity contribution < 1.29 is 9.53 Å². The van der Waals surface area contributed by atoms with Crippen LogP contribution in [0.15, 0.2) is 30.5 Å². The lowest BCUT2D eigenvalue weighted by Gasteiger charge is -2.11. The van der Waals surface area contributed by atoms with Crippen molar-refractivity contribution in [3.63, 3.8) is 0 Å². The third kappa shape index (κ3) is 6.72. The molecule has 0 saturated carbocycles. The summed E-state index contributed by atoms with van der Waals surface area (Å²) in [7, 11) is 0. The summed E-state index contributed by atoms with van der Waals surface area (Å²) >= 11 is 5.87. The molecule has 0 aliphatic rings. The summed E-state index contributed by atoms with van der Waals surface area (Å²) in [5, 5.41) is 3.45. The largest absolute Gasteiger partial charge is 0.382 e. The highest BCUT2D eigenvalue weighted by Gasteiger charge is 2.16. The summed E-state index contributed by atoms with van der Waals surface area (Å²) in [4.78, 5) is 21.3. The molecule has 0 bridgehead atoms. The lowest BCUT2D eigenvalue weighted by atomic mass is 10.2. The predicted molar refractivity (Wildman–Crippen MR) is 137 cm³/mol. The maximum Gasteiger partial charge on any atom is 0.251 e. The minimum Gasteiger partial charge on any atom is -0.382 e. The van der Waals surface area contributed by atoms with Gasteiger partial charge in [0.2, 0.25) is 0 Å². The Morgan fingerprint density at radius 2 is 2.00 bits per heavy atom. The second kappa shape index (κ2) is 13.0. The Labute approximate surface area is 206 Å². The van der Waals surface area contributed by atoms with Gasteiger partial charge in [0.1, 0.15) is 11.3 Å². The third-order valence-corrected chi connectivity index (χ3v) is 5.58. The molecule has 2 heterocycles. The fourth-order valence-corrected chi connectivity index (χ4v) is 3.70. The van der Waals surface area contributed by atoms with Gasteiger partial charge in [-0.15, -0.1) is 0 Å². The number of aryl methyl sites for hydroxylation is 1. The predicted octanol–water partition coefficient (Wildman–Crippen LogP) is 4.61. The summed E-state index contributed by atoms with van der Waals surface area (Å²) in [6.45, 7) is 6.19. The van der Waals surface area contributed by atoms with E-state index in [0.717, 1.165) is 49.0 Å². The molecule has 3 rings (SSSR count). The standard InChI is InChI=1S/C26H32ClN5O2/c1-3-5-6-7-9-20-18-30-25(28)23-24(20)32(22(31-23)8-4-2)15-17-34-16-14-29-26(33)19-10-12-21(27)13-11-19/h10-13,18H,3-6,8,14-17H2,1-2H3,(H2,28,30)(H,29,33). The number of pyridine rings is 1. The number of imidazole rings is 1. The van der Waals surface area contributed by atoms with Crippen molar-refractivity contribution in [1.82, 2.24) is 19.9 Å². The Morgan fingerprint density at radius 3 is 2.74 bits per heavy atom. The monoisotopic (exact) mass is 481 g/mol. The van der Waals surface area contributed by atoms with E-state index in [-0.39, 0.29) is 5.91 Å². The van der Waals surface area contributed by atoms with Gasteiger partial charge in [-0.2, -0.15) is 0 Å². The fraction of sp³-hybridized carbons (Fsp3) is 0.423. The number of aromatic nitrogens is 3. The Hall–Kier alpha value is -3.08. The van der Waals surface area contributed by atoms with Crippen molar-refractivity contribution in [2.24, 2.45) is 0 Å². The van der Waals surface area contributed by atoms with Crippen molar-refractivity contribution in [3.8, 4) is 11.8 Å². The van der Waals surface area contributed by atoms with Gasteiger partial charge in [-0.3, -0.25) is 4.79 Å². The molecule has 0 saturated heterocycles. The smallest absolute Gasteiger partial charge is 0.251 e. The number of carbonyl (C=O) groups excluding carboxylic acids is 1. The van der Waals surface area contributed by atoms with Gasteiger partial charge in [-0.05, 0) is 37.1 Å². The zero-order chi connectivity index (χ0) is 24.3. The molecule has 1 amide bonds. The number of fused-ring (bicyclic) bond motifs is 1. The highest BCUT2D eigenvalue weighted by Crippen LogP contribution is 2.24. The van der Waals surface area contributed by atoms with E-state index < -0.39 is 0 Å². The van der Waals surface area contributed by atoms with Crippen molar-refractivity contribution in [3.05, 3.63) is 52.4 Å². The molecular formula is C26H32ClN5O2. The van der Waals surface area contributed by atoms with Crippen LogP contribution in [0.5, 0.6) is 0 Å². The van der Waals surface area contributed by atoms with Crippen molar-refractivity contribution in [2.45, 2.75) is 52.5 Å². The van der Waals surface area contributed by atoms with Crippen LogP contribution in [-0.4, -0.2) is 40.2 Å². The first kappa shape index (κ1) is 25.5. The number of amides is 1. The van der Waals surface area contributed by atoms with Crippen LogP contribution in [0, 0.1) is 11.8 Å². The molecule has 3 aromatic rings. The number of rotatable bonds is 11. The number of nitrogens with zero attached hydrogens (tertiary/aromatic N) is 3. The number of hydrogen-bond acceptors (Lipinski definition) is 5. The molecule has 7 nitrogen and oxygen atoms in total. The number of nitrogen functional groups attached to an aromatic ring is 1. The number of anilines is 1. The van der Waals surface area contributed by atoms with E-state index in [9.17, 15) is 4.79 Å². The first-order valence-corrected chi connectivity index (χ1v) is 12.2. The molecule has 8 heteroatoms. The molecule has 0 unspecified atom stereocenters. The maximum atomic E-state index is 12.2. The van der Waals surface area contributed by atoms with Crippen molar-refractivity contribution in [2.75, 3.05) is 25.5 Å². The third-order valence-electron chi connectivity index (χ3n) is 5.33. The van der Waals surface area contributed by atoms with E-state index in [1.54, 1.807) is 30.5 Å². The molecule has 0 aliphatic heterocycles. The van der Waals surface area contributed by atoms with Crippen molar-refractivity contribution in [1.29, 1.82) is 0 Å². The van der Waals surface area contributed by atoms with Crippen LogP contribution in [0.2, 0.25) is 5.02 Å². The Morgan fingerprint density at radius 1 is 1.21 bits per heavy atom. The molecular weight excluding hydrogens is 450 g/mol. The van der Waals surface area contributed by atoms with E-state index in [4.69, 9.17) is 27.1 Å². The van der Waals surface area contributed by atoms with Crippen LogP contribution in [0.25, 0.3) is 11.0 Å². The summed E-state index contributed by atoms with van der Waals surface area (Å²) in [6.07, 6.45) is 6.56. The van der Waals surface area contributed by atoms with Crippen molar-refractivity contribution >= 4 is 34.4 Å². The summed E-state index contributed by atoms with van der Waals surface area (Å²) in [5.41, 5.74) is 9.16. The highest BCUT2D eigenvalue weighted by molar-refractivity contribution is 6.30. The second-order valence-corrected chi connectivity index (χ2v) is 8.40. The number of ether oxygens (including phenoxy) is 1. The van der Waals surface area contributed by atoms with Crippen LogP contribution >= 0.6 is 11.6 Å².